The van der Waals surface area contributed by atoms with Gasteiger partial charge in [-0.2, -0.15) is 5.26 Å². The highest BCUT2D eigenvalue weighted by atomic mass is 35.5. The molecule has 0 aliphatic carbocycles. The molecule has 5 nitrogen and oxygen atoms in total. The highest BCUT2D eigenvalue weighted by Crippen LogP contribution is 2.36. The Kier molecular flexibility index (Phi) is 6.57. The van der Waals surface area contributed by atoms with Gasteiger partial charge in [0.25, 0.3) is 0 Å². The predicted octanol–water partition coefficient (Wildman–Crippen LogP) is 4.50. The van der Waals surface area contributed by atoms with Crippen molar-refractivity contribution in [3.63, 3.8) is 0 Å². The first kappa shape index (κ1) is 20.9. The summed E-state index contributed by atoms with van der Waals surface area (Å²) in [6, 6.07) is 13.0. The summed E-state index contributed by atoms with van der Waals surface area (Å²) in [6.07, 6.45) is 0.0898. The number of halogens is 2. The van der Waals surface area contributed by atoms with E-state index in [1.807, 2.05) is 6.92 Å². The number of allylic oxidation sites excluding steroid dienone is 1. The molecule has 3 rings (SSSR count). The lowest BCUT2D eigenvalue weighted by Crippen LogP contribution is -2.31. The minimum absolute atomic E-state index is 0.00286. The van der Waals surface area contributed by atoms with Crippen molar-refractivity contribution in [2.75, 3.05) is 11.1 Å². The van der Waals surface area contributed by atoms with E-state index in [1.54, 1.807) is 30.3 Å². The molecule has 2 aromatic rings. The molecule has 0 saturated carbocycles. The molecule has 1 atom stereocenters. The van der Waals surface area contributed by atoms with Gasteiger partial charge in [0.2, 0.25) is 11.8 Å². The molecule has 1 heterocycles. The maximum atomic E-state index is 13.2. The van der Waals surface area contributed by atoms with Gasteiger partial charge in [0.1, 0.15) is 5.82 Å². The molecule has 0 fully saturated rings. The van der Waals surface area contributed by atoms with Crippen molar-refractivity contribution in [2.45, 2.75) is 19.3 Å². The molecular formula is C21H17ClFN3O2S. The molecule has 0 saturated heterocycles. The minimum atomic E-state index is -0.477. The zero-order valence-electron chi connectivity index (χ0n) is 15.5. The maximum Gasteiger partial charge on any atom is 0.234 e. The molecule has 0 bridgehead atoms. The molecule has 8 heteroatoms. The van der Waals surface area contributed by atoms with Gasteiger partial charge < -0.3 is 10.6 Å². The van der Waals surface area contributed by atoms with Crippen LogP contribution in [0, 0.1) is 24.1 Å². The van der Waals surface area contributed by atoms with Crippen LogP contribution in [0.15, 0.2) is 53.1 Å². The number of nitrogens with one attached hydrogen (secondary N) is 2. The molecule has 29 heavy (non-hydrogen) atoms. The number of hydrogen-bond donors (Lipinski definition) is 2. The number of hydrogen-bond acceptors (Lipinski definition) is 4. The third kappa shape index (κ3) is 5.17. The van der Waals surface area contributed by atoms with Crippen LogP contribution in [0.2, 0.25) is 5.02 Å². The Bertz CT molecular complexity index is 1030. The summed E-state index contributed by atoms with van der Waals surface area (Å²) in [4.78, 5) is 24.5. The lowest BCUT2D eigenvalue weighted by molar-refractivity contribution is -0.121. The van der Waals surface area contributed by atoms with Crippen molar-refractivity contribution in [1.82, 2.24) is 5.32 Å². The maximum absolute atomic E-state index is 13.2. The Morgan fingerprint density at radius 2 is 2.07 bits per heavy atom. The van der Waals surface area contributed by atoms with Crippen LogP contribution < -0.4 is 10.6 Å². The van der Waals surface area contributed by atoms with Crippen molar-refractivity contribution in [3.8, 4) is 6.07 Å². The third-order valence-corrected chi connectivity index (χ3v) is 5.70. The first-order valence-electron chi connectivity index (χ1n) is 8.75. The number of aryl methyl sites for hydroxylation is 1. The normalized spacial score (nSPS) is 16.2. The Labute approximate surface area is 176 Å². The summed E-state index contributed by atoms with van der Waals surface area (Å²) >= 11 is 7.04. The quantitative estimate of drug-likeness (QED) is 0.733. The van der Waals surface area contributed by atoms with Gasteiger partial charge >= 0.3 is 0 Å². The fourth-order valence-corrected chi connectivity index (χ4v) is 4.01. The second kappa shape index (κ2) is 9.12. The highest BCUT2D eigenvalue weighted by molar-refractivity contribution is 8.03. The molecule has 0 unspecified atom stereocenters. The second-order valence-corrected chi connectivity index (χ2v) is 7.93. The molecular weight excluding hydrogens is 413 g/mol. The molecule has 0 radical (unpaired) electrons. The number of anilines is 1. The van der Waals surface area contributed by atoms with E-state index in [9.17, 15) is 19.2 Å². The van der Waals surface area contributed by atoms with Crippen LogP contribution in [-0.4, -0.2) is 17.6 Å². The molecule has 2 N–H and O–H groups in total. The lowest BCUT2D eigenvalue weighted by Gasteiger charge is -2.25. The number of nitrogens with zero attached hydrogens (tertiary/aromatic N) is 1. The molecule has 2 amide bonds. The van der Waals surface area contributed by atoms with Crippen LogP contribution >= 0.6 is 23.4 Å². The summed E-state index contributed by atoms with van der Waals surface area (Å²) in [5.41, 5.74) is 2.50. The van der Waals surface area contributed by atoms with E-state index in [0.29, 0.717) is 26.9 Å². The third-order valence-electron chi connectivity index (χ3n) is 4.45. The topological polar surface area (TPSA) is 82.0 Å². The van der Waals surface area contributed by atoms with E-state index in [1.165, 1.54) is 12.1 Å². The summed E-state index contributed by atoms with van der Waals surface area (Å²) in [6.45, 7) is 1.85. The second-order valence-electron chi connectivity index (χ2n) is 6.51. The van der Waals surface area contributed by atoms with Crippen LogP contribution in [-0.2, 0) is 9.59 Å². The van der Waals surface area contributed by atoms with Crippen molar-refractivity contribution < 1.29 is 14.0 Å². The Morgan fingerprint density at radius 1 is 1.34 bits per heavy atom. The number of nitriles is 1. The standard InChI is InChI=1S/C21H17ClFN3O2S/c1-12-2-5-14(22)8-18(12)25-20(28)11-29-21-17(10-24)16(9-19(27)26-21)13-3-6-15(23)7-4-13/h2-8,16H,9,11H2,1H3,(H,25,28)(H,26,27)/t16-/m0/s1. The monoisotopic (exact) mass is 429 g/mol. The van der Waals surface area contributed by atoms with Gasteiger partial charge in [0, 0.05) is 23.0 Å². The molecule has 0 aromatic heterocycles. The zero-order chi connectivity index (χ0) is 21.0. The number of benzene rings is 2. The van der Waals surface area contributed by atoms with Gasteiger partial charge in [-0.05, 0) is 42.3 Å². The fraction of sp³-hybridized carbons (Fsp3) is 0.190. The first-order chi connectivity index (χ1) is 13.9. The summed E-state index contributed by atoms with van der Waals surface area (Å²) in [7, 11) is 0. The van der Waals surface area contributed by atoms with Gasteiger partial charge in [-0.25, -0.2) is 4.39 Å². The van der Waals surface area contributed by atoms with Crippen LogP contribution in [0.1, 0.15) is 23.5 Å². The molecule has 0 spiro atoms. The Balaban J connectivity index is 1.76. The predicted molar refractivity (Wildman–Crippen MR) is 112 cm³/mol. The van der Waals surface area contributed by atoms with E-state index in [2.05, 4.69) is 16.7 Å². The molecule has 2 aromatic carbocycles. The van der Waals surface area contributed by atoms with Crippen LogP contribution in [0.5, 0.6) is 0 Å². The minimum Gasteiger partial charge on any atom is -0.325 e. The van der Waals surface area contributed by atoms with Crippen LogP contribution in [0.4, 0.5) is 10.1 Å². The van der Waals surface area contributed by atoms with Crippen molar-refractivity contribution in [1.29, 1.82) is 5.26 Å². The number of thioether (sulfide) groups is 1. The van der Waals surface area contributed by atoms with Gasteiger partial charge in [-0.1, -0.05) is 41.6 Å². The van der Waals surface area contributed by atoms with E-state index in [-0.39, 0.29) is 29.8 Å². The van der Waals surface area contributed by atoms with Gasteiger partial charge in [0.05, 0.1) is 22.4 Å². The largest absolute Gasteiger partial charge is 0.325 e. The Morgan fingerprint density at radius 3 is 2.76 bits per heavy atom. The summed E-state index contributed by atoms with van der Waals surface area (Å²) in [5.74, 6) is -1.41. The fourth-order valence-electron chi connectivity index (χ4n) is 2.97. The van der Waals surface area contributed by atoms with E-state index in [0.717, 1.165) is 17.3 Å². The van der Waals surface area contributed by atoms with Gasteiger partial charge in [-0.15, -0.1) is 0 Å². The molecule has 1 aliphatic rings. The van der Waals surface area contributed by atoms with Crippen LogP contribution in [0.3, 0.4) is 0 Å². The van der Waals surface area contributed by atoms with Crippen molar-refractivity contribution in [3.05, 3.63) is 75.0 Å². The van der Waals surface area contributed by atoms with Crippen molar-refractivity contribution in [2.24, 2.45) is 0 Å². The molecule has 1 aliphatic heterocycles. The van der Waals surface area contributed by atoms with Crippen LogP contribution in [0.25, 0.3) is 0 Å². The summed E-state index contributed by atoms with van der Waals surface area (Å²) in [5, 5.41) is 15.9. The Hall–Kier alpha value is -2.82. The van der Waals surface area contributed by atoms with E-state index < -0.39 is 5.92 Å². The average Bonchev–Trinajstić information content (AvgIpc) is 2.69. The summed E-state index contributed by atoms with van der Waals surface area (Å²) < 4.78 is 13.2. The zero-order valence-corrected chi connectivity index (χ0v) is 17.0. The SMILES string of the molecule is Cc1ccc(Cl)cc1NC(=O)CSC1=C(C#N)[C@H](c2ccc(F)cc2)CC(=O)N1. The van der Waals surface area contributed by atoms with Crippen molar-refractivity contribution >= 4 is 40.9 Å². The lowest BCUT2D eigenvalue weighted by atomic mass is 9.87. The number of carbonyl (C=O) groups is 2. The van der Waals surface area contributed by atoms with Gasteiger partial charge in [-0.3, -0.25) is 9.59 Å². The average molecular weight is 430 g/mol. The number of amides is 2. The first-order valence-corrected chi connectivity index (χ1v) is 10.1. The highest BCUT2D eigenvalue weighted by Gasteiger charge is 2.29. The van der Waals surface area contributed by atoms with E-state index in [4.69, 9.17) is 11.6 Å². The number of carbonyl (C=O) groups excluding carboxylic acids is 2. The smallest absolute Gasteiger partial charge is 0.234 e. The number of rotatable bonds is 5. The van der Waals surface area contributed by atoms with E-state index >= 15 is 0 Å². The molecule has 148 valence electrons. The van der Waals surface area contributed by atoms with Gasteiger partial charge in [0.15, 0.2) is 0 Å².